The second kappa shape index (κ2) is 17.5. The number of rotatable bonds is 18. The summed E-state index contributed by atoms with van der Waals surface area (Å²) in [5.74, 6) is 0.726. The maximum absolute atomic E-state index is 12.9. The normalized spacial score (nSPS) is 12.3. The number of allylic oxidation sites excluding steroid dienone is 1. The van der Waals surface area contributed by atoms with E-state index in [1.54, 1.807) is 18.3 Å². The molecule has 0 aliphatic carbocycles. The summed E-state index contributed by atoms with van der Waals surface area (Å²) < 4.78 is 5.34. The number of hydrogen-bond donors (Lipinski definition) is 4. The number of pyridine rings is 1. The highest BCUT2D eigenvalue weighted by Crippen LogP contribution is 2.34. The number of benzene rings is 2. The molecule has 0 fully saturated rings. The number of nitrogens with one attached hydrogen (secondary N) is 1. The van der Waals surface area contributed by atoms with E-state index in [-0.39, 0.29) is 29.5 Å². The highest BCUT2D eigenvalue weighted by molar-refractivity contribution is 6.07. The fourth-order valence-corrected chi connectivity index (χ4v) is 5.82. The van der Waals surface area contributed by atoms with E-state index in [1.165, 1.54) is 24.3 Å². The lowest BCUT2D eigenvalue weighted by Crippen LogP contribution is -2.15. The molecular weight excluding hydrogens is 566 g/mol. The van der Waals surface area contributed by atoms with E-state index in [4.69, 9.17) is 10.5 Å². The molecule has 8 heteroatoms. The van der Waals surface area contributed by atoms with Crippen LogP contribution in [0.5, 0.6) is 11.5 Å². The zero-order chi connectivity index (χ0) is 32.9. The van der Waals surface area contributed by atoms with Crippen LogP contribution in [-0.2, 0) is 22.4 Å². The zero-order valence-corrected chi connectivity index (χ0v) is 27.4. The molecule has 0 spiro atoms. The number of phenols is 1. The largest absolute Gasteiger partial charge is 0.504 e. The molecule has 0 aliphatic rings. The molecule has 3 rings (SSSR count). The van der Waals surface area contributed by atoms with Crippen LogP contribution in [0.4, 0.5) is 5.82 Å². The Bertz CT molecular complexity index is 1480. The van der Waals surface area contributed by atoms with Gasteiger partial charge in [-0.1, -0.05) is 49.1 Å². The van der Waals surface area contributed by atoms with Crippen LogP contribution in [0.15, 0.2) is 48.7 Å². The minimum absolute atomic E-state index is 0.0609. The van der Waals surface area contributed by atoms with Crippen molar-refractivity contribution in [2.75, 3.05) is 33.0 Å². The number of nitrogens with two attached hydrogens (primary N) is 1. The maximum atomic E-state index is 12.9. The number of aliphatic hydroxyl groups excluding tert-OH is 1. The molecule has 0 unspecified atom stereocenters. The number of anilines is 1. The third-order valence-corrected chi connectivity index (χ3v) is 7.96. The van der Waals surface area contributed by atoms with Gasteiger partial charge in [-0.05, 0) is 110 Å². The molecule has 2 aromatic carbocycles. The molecule has 0 saturated heterocycles. The highest BCUT2D eigenvalue weighted by atomic mass is 16.5. The molecule has 1 heterocycles. The molecule has 0 aliphatic heterocycles. The minimum Gasteiger partial charge on any atom is -0.504 e. The summed E-state index contributed by atoms with van der Waals surface area (Å²) in [6.07, 6.45) is 8.03. The number of aliphatic hydroxyl groups is 1. The van der Waals surface area contributed by atoms with Crippen LogP contribution in [0.2, 0.25) is 0 Å². The van der Waals surface area contributed by atoms with Crippen LogP contribution in [0.3, 0.4) is 0 Å². The number of Topliss-reactive ketones (excluding diaryl/α,β-unsaturated/α-hetero) is 1. The summed E-state index contributed by atoms with van der Waals surface area (Å²) in [6, 6.07) is 11.6. The Kier molecular flexibility index (Phi) is 13.8. The van der Waals surface area contributed by atoms with E-state index in [0.29, 0.717) is 47.7 Å². The number of ketones is 2. The monoisotopic (exact) mass is 615 g/mol. The number of ether oxygens (including phenoxy) is 1. The number of phenolic OH excluding ortho intramolecular Hbond substituents is 1. The number of aromatic hydroxyl groups is 1. The summed E-state index contributed by atoms with van der Waals surface area (Å²) in [5, 5.41) is 24.1. The van der Waals surface area contributed by atoms with Gasteiger partial charge in [-0.25, -0.2) is 4.98 Å². The van der Waals surface area contributed by atoms with E-state index < -0.39 is 6.61 Å². The number of unbranched alkanes of at least 4 members (excludes halogenated alkanes) is 2. The van der Waals surface area contributed by atoms with Crippen LogP contribution >= 0.6 is 0 Å². The van der Waals surface area contributed by atoms with E-state index >= 15 is 0 Å². The number of nitrogens with zero attached hydrogens (tertiary/aromatic N) is 1. The molecular formula is C37H49N3O5. The summed E-state index contributed by atoms with van der Waals surface area (Å²) in [7, 11) is 3.39. The first-order chi connectivity index (χ1) is 21.5. The predicted octanol–water partition coefficient (Wildman–Crippen LogP) is 5.89. The van der Waals surface area contributed by atoms with Crippen molar-refractivity contribution in [1.82, 2.24) is 10.3 Å². The standard InChI is InChI=1S/C37H49N3O5/c1-24(21-39-4)9-7-6-8-10-32(42)19-33(43)17-31(23-41)34-20-36(45-5)35(44)18-29(34)15-28-16-30(37(38)40-22-28)14-27-12-25(2)11-26(3)13-27/h11-13,16-18,20,22,24,39,41,44H,6-10,14-15,19,21,23H2,1-5H3,(H2,38,40)/b31-17+/t24-/m1/s1. The average Bonchev–Trinajstić information content (AvgIpc) is 2.97. The number of aryl methyl sites for hydroxylation is 2. The maximum Gasteiger partial charge on any atom is 0.163 e. The van der Waals surface area contributed by atoms with Crippen molar-refractivity contribution >= 4 is 23.0 Å². The second-order valence-corrected chi connectivity index (χ2v) is 12.2. The van der Waals surface area contributed by atoms with Gasteiger partial charge in [0.05, 0.1) is 20.1 Å². The predicted molar refractivity (Wildman–Crippen MR) is 181 cm³/mol. The average molecular weight is 616 g/mol. The number of carbonyl (C=O) groups is 2. The summed E-state index contributed by atoms with van der Waals surface area (Å²) in [6.45, 7) is 6.89. The quantitative estimate of drug-likeness (QED) is 0.0791. The first kappa shape index (κ1) is 35.5. The van der Waals surface area contributed by atoms with Crippen molar-refractivity contribution in [2.24, 2.45) is 5.92 Å². The fraction of sp³-hybridized carbons (Fsp3) is 0.432. The van der Waals surface area contributed by atoms with E-state index in [0.717, 1.165) is 48.9 Å². The molecule has 45 heavy (non-hydrogen) atoms. The number of carbonyl (C=O) groups excluding carboxylic acids is 2. The van der Waals surface area contributed by atoms with Gasteiger partial charge in [0.1, 0.15) is 11.6 Å². The lowest BCUT2D eigenvalue weighted by atomic mass is 9.92. The molecule has 0 saturated carbocycles. The molecule has 242 valence electrons. The third kappa shape index (κ3) is 11.1. The van der Waals surface area contributed by atoms with E-state index in [1.807, 2.05) is 13.1 Å². The first-order valence-electron chi connectivity index (χ1n) is 15.7. The van der Waals surface area contributed by atoms with Crippen LogP contribution in [0.25, 0.3) is 5.57 Å². The molecule has 0 amide bonds. The van der Waals surface area contributed by atoms with Crippen LogP contribution in [0, 0.1) is 19.8 Å². The number of aromatic nitrogens is 1. The number of hydrogen-bond acceptors (Lipinski definition) is 8. The van der Waals surface area contributed by atoms with Gasteiger partial charge in [0.15, 0.2) is 17.3 Å². The Hall–Kier alpha value is -4.01. The molecule has 1 atom stereocenters. The van der Waals surface area contributed by atoms with Gasteiger partial charge in [-0.3, -0.25) is 9.59 Å². The first-order valence-corrected chi connectivity index (χ1v) is 15.7. The van der Waals surface area contributed by atoms with Crippen molar-refractivity contribution in [1.29, 1.82) is 0 Å². The van der Waals surface area contributed by atoms with Gasteiger partial charge in [-0.15, -0.1) is 0 Å². The molecule has 1 aromatic heterocycles. The lowest BCUT2D eigenvalue weighted by Gasteiger charge is -2.16. The third-order valence-electron chi connectivity index (χ3n) is 7.96. The highest BCUT2D eigenvalue weighted by Gasteiger charge is 2.17. The smallest absolute Gasteiger partial charge is 0.163 e. The van der Waals surface area contributed by atoms with Gasteiger partial charge < -0.3 is 26.0 Å². The second-order valence-electron chi connectivity index (χ2n) is 12.2. The van der Waals surface area contributed by atoms with Gasteiger partial charge in [-0.2, -0.15) is 0 Å². The van der Waals surface area contributed by atoms with Crippen LogP contribution < -0.4 is 15.8 Å². The van der Waals surface area contributed by atoms with Gasteiger partial charge in [0.25, 0.3) is 0 Å². The van der Waals surface area contributed by atoms with E-state index in [2.05, 4.69) is 49.3 Å². The van der Waals surface area contributed by atoms with Crippen LogP contribution in [-0.4, -0.2) is 54.1 Å². The van der Waals surface area contributed by atoms with Crippen molar-refractivity contribution in [2.45, 2.75) is 72.1 Å². The Balaban J connectivity index is 1.77. The number of nitrogen functional groups attached to an aromatic ring is 1. The van der Waals surface area contributed by atoms with Gasteiger partial charge in [0, 0.05) is 19.0 Å². The summed E-state index contributed by atoms with van der Waals surface area (Å²) in [4.78, 5) is 29.9. The summed E-state index contributed by atoms with van der Waals surface area (Å²) in [5.41, 5.74) is 13.1. The summed E-state index contributed by atoms with van der Waals surface area (Å²) >= 11 is 0. The van der Waals surface area contributed by atoms with Gasteiger partial charge >= 0.3 is 0 Å². The molecule has 8 nitrogen and oxygen atoms in total. The molecule has 5 N–H and O–H groups in total. The topological polar surface area (TPSA) is 135 Å². The number of methoxy groups -OCH3 is 1. The van der Waals surface area contributed by atoms with Crippen molar-refractivity contribution in [3.8, 4) is 11.5 Å². The van der Waals surface area contributed by atoms with Crippen molar-refractivity contribution in [3.05, 3.63) is 87.6 Å². The Morgan fingerprint density at radius 3 is 2.38 bits per heavy atom. The van der Waals surface area contributed by atoms with Crippen molar-refractivity contribution < 1.29 is 24.5 Å². The lowest BCUT2D eigenvalue weighted by molar-refractivity contribution is -0.124. The van der Waals surface area contributed by atoms with E-state index in [9.17, 15) is 19.8 Å². The SMILES string of the molecule is CNC[C@H](C)CCCCCC(=O)CC(=O)/C=C(\CO)c1cc(OC)c(O)cc1Cc1cnc(N)c(Cc2cc(C)cc(C)c2)c1. The Labute approximate surface area is 267 Å². The van der Waals surface area contributed by atoms with Gasteiger partial charge in [0.2, 0.25) is 0 Å². The Morgan fingerprint density at radius 2 is 1.71 bits per heavy atom. The molecule has 3 aromatic rings. The Morgan fingerprint density at radius 1 is 1.00 bits per heavy atom. The van der Waals surface area contributed by atoms with Crippen molar-refractivity contribution in [3.63, 3.8) is 0 Å². The van der Waals surface area contributed by atoms with Crippen LogP contribution in [0.1, 0.15) is 84.4 Å². The fourth-order valence-electron chi connectivity index (χ4n) is 5.82. The minimum atomic E-state index is -0.427. The molecule has 0 radical (unpaired) electrons. The molecule has 0 bridgehead atoms. The zero-order valence-electron chi connectivity index (χ0n) is 27.4.